The molecule has 0 spiro atoms. The Labute approximate surface area is 83.9 Å². The zero-order valence-electron chi connectivity index (χ0n) is 8.75. The van der Waals surface area contributed by atoms with Crippen molar-refractivity contribution in [3.05, 3.63) is 35.6 Å². The second kappa shape index (κ2) is 3.91. The summed E-state index contributed by atoms with van der Waals surface area (Å²) in [5.41, 5.74) is 0.572. The van der Waals surface area contributed by atoms with Gasteiger partial charge in [-0.05, 0) is 23.1 Å². The predicted octanol–water partition coefficient (Wildman–Crippen LogP) is 3.15. The van der Waals surface area contributed by atoms with Gasteiger partial charge in [0.2, 0.25) is 0 Å². The van der Waals surface area contributed by atoms with Crippen molar-refractivity contribution in [1.29, 1.82) is 0 Å². The summed E-state index contributed by atoms with van der Waals surface area (Å²) in [5, 5.41) is 0. The van der Waals surface area contributed by atoms with Crippen molar-refractivity contribution in [2.75, 3.05) is 0 Å². The summed E-state index contributed by atoms with van der Waals surface area (Å²) >= 11 is 0. The van der Waals surface area contributed by atoms with Gasteiger partial charge in [-0.3, -0.25) is 0 Å². The number of halogens is 1. The Bertz CT molecular complexity index is 325. The van der Waals surface area contributed by atoms with Crippen LogP contribution in [-0.2, 0) is 4.79 Å². The molecule has 0 aliphatic rings. The van der Waals surface area contributed by atoms with Gasteiger partial charge >= 0.3 is 0 Å². The van der Waals surface area contributed by atoms with E-state index >= 15 is 0 Å². The van der Waals surface area contributed by atoms with Crippen molar-refractivity contribution in [3.63, 3.8) is 0 Å². The Morgan fingerprint density at radius 3 is 2.43 bits per heavy atom. The maximum absolute atomic E-state index is 12.9. The van der Waals surface area contributed by atoms with Crippen LogP contribution in [0.25, 0.3) is 0 Å². The first kappa shape index (κ1) is 10.9. The summed E-state index contributed by atoms with van der Waals surface area (Å²) in [4.78, 5) is 10.9. The van der Waals surface area contributed by atoms with Crippen LogP contribution in [0.1, 0.15) is 32.3 Å². The molecule has 0 bridgehead atoms. The number of hydrogen-bond donors (Lipinski definition) is 0. The molecule has 0 N–H and O–H groups in total. The number of carbonyl (C=O) groups is 1. The van der Waals surface area contributed by atoms with Gasteiger partial charge in [-0.15, -0.1) is 0 Å². The van der Waals surface area contributed by atoms with Crippen LogP contribution in [-0.4, -0.2) is 6.29 Å². The minimum absolute atomic E-state index is 0.171. The molecule has 2 heteroatoms. The fourth-order valence-electron chi connectivity index (χ4n) is 1.48. The quantitative estimate of drug-likeness (QED) is 0.661. The third-order valence-corrected chi connectivity index (χ3v) is 2.28. The maximum Gasteiger partial charge on any atom is 0.127 e. The van der Waals surface area contributed by atoms with Crippen molar-refractivity contribution in [2.24, 2.45) is 5.41 Å². The SMILES string of the molecule is CC(C)(C)C(C=O)c1cccc(F)c1. The normalized spacial score (nSPS) is 13.7. The van der Waals surface area contributed by atoms with Gasteiger partial charge in [0.15, 0.2) is 0 Å². The van der Waals surface area contributed by atoms with Gasteiger partial charge in [-0.2, -0.15) is 0 Å². The van der Waals surface area contributed by atoms with Crippen molar-refractivity contribution >= 4 is 6.29 Å². The number of aldehydes is 1. The lowest BCUT2D eigenvalue weighted by Crippen LogP contribution is -2.19. The number of benzene rings is 1. The molecule has 1 atom stereocenters. The van der Waals surface area contributed by atoms with E-state index in [1.807, 2.05) is 20.8 Å². The molecule has 0 saturated heterocycles. The summed E-state index contributed by atoms with van der Waals surface area (Å²) in [5.74, 6) is -0.545. The van der Waals surface area contributed by atoms with Crippen LogP contribution < -0.4 is 0 Å². The van der Waals surface area contributed by atoms with Crippen LogP contribution in [0, 0.1) is 11.2 Å². The standard InChI is InChI=1S/C12H15FO/c1-12(2,3)11(8-14)9-5-4-6-10(13)7-9/h4-8,11H,1-3H3. The second-order valence-corrected chi connectivity index (χ2v) is 4.53. The van der Waals surface area contributed by atoms with E-state index in [9.17, 15) is 9.18 Å². The molecule has 0 saturated carbocycles. The Kier molecular flexibility index (Phi) is 3.04. The molecular formula is C12H15FO. The highest BCUT2D eigenvalue weighted by Gasteiger charge is 2.25. The summed E-state index contributed by atoms with van der Waals surface area (Å²) in [6.07, 6.45) is 0.884. The summed E-state index contributed by atoms with van der Waals surface area (Å²) < 4.78 is 12.9. The Morgan fingerprint density at radius 2 is 2.00 bits per heavy atom. The van der Waals surface area contributed by atoms with E-state index in [0.717, 1.165) is 11.8 Å². The maximum atomic E-state index is 12.9. The second-order valence-electron chi connectivity index (χ2n) is 4.53. The molecular weight excluding hydrogens is 179 g/mol. The molecule has 76 valence electrons. The fourth-order valence-corrected chi connectivity index (χ4v) is 1.48. The molecule has 0 amide bonds. The van der Waals surface area contributed by atoms with E-state index in [0.29, 0.717) is 0 Å². The molecule has 1 nitrogen and oxygen atoms in total. The first-order valence-electron chi connectivity index (χ1n) is 4.66. The van der Waals surface area contributed by atoms with Crippen LogP contribution in [0.2, 0.25) is 0 Å². The molecule has 0 fully saturated rings. The van der Waals surface area contributed by atoms with E-state index in [1.54, 1.807) is 12.1 Å². The highest BCUT2D eigenvalue weighted by atomic mass is 19.1. The van der Waals surface area contributed by atoms with Crippen molar-refractivity contribution in [3.8, 4) is 0 Å². The van der Waals surface area contributed by atoms with Crippen molar-refractivity contribution in [1.82, 2.24) is 0 Å². The largest absolute Gasteiger partial charge is 0.303 e. The van der Waals surface area contributed by atoms with E-state index in [-0.39, 0.29) is 17.2 Å². The fraction of sp³-hybridized carbons (Fsp3) is 0.417. The predicted molar refractivity (Wildman–Crippen MR) is 54.7 cm³/mol. The van der Waals surface area contributed by atoms with Crippen LogP contribution in [0.5, 0.6) is 0 Å². The Morgan fingerprint density at radius 1 is 1.36 bits per heavy atom. The summed E-state index contributed by atoms with van der Waals surface area (Å²) in [7, 11) is 0. The lowest BCUT2D eigenvalue weighted by atomic mass is 9.77. The number of carbonyl (C=O) groups excluding carboxylic acids is 1. The molecule has 1 unspecified atom stereocenters. The number of hydrogen-bond acceptors (Lipinski definition) is 1. The minimum Gasteiger partial charge on any atom is -0.303 e. The topological polar surface area (TPSA) is 17.1 Å². The van der Waals surface area contributed by atoms with Crippen LogP contribution in [0.3, 0.4) is 0 Å². The van der Waals surface area contributed by atoms with Crippen LogP contribution >= 0.6 is 0 Å². The summed E-state index contributed by atoms with van der Waals surface area (Å²) in [6, 6.07) is 6.22. The van der Waals surface area contributed by atoms with Gasteiger partial charge in [0.05, 0.1) is 0 Å². The molecule has 0 radical (unpaired) electrons. The third-order valence-electron chi connectivity index (χ3n) is 2.28. The molecule has 0 aliphatic carbocycles. The van der Waals surface area contributed by atoms with Crippen molar-refractivity contribution in [2.45, 2.75) is 26.7 Å². The van der Waals surface area contributed by atoms with Gasteiger partial charge in [-0.1, -0.05) is 32.9 Å². The average Bonchev–Trinajstić information content (AvgIpc) is 2.02. The number of rotatable bonds is 2. The van der Waals surface area contributed by atoms with E-state index < -0.39 is 0 Å². The average molecular weight is 194 g/mol. The van der Waals surface area contributed by atoms with Gasteiger partial charge < -0.3 is 4.79 Å². The zero-order valence-corrected chi connectivity index (χ0v) is 8.75. The van der Waals surface area contributed by atoms with Gasteiger partial charge in [0.25, 0.3) is 0 Å². The lowest BCUT2D eigenvalue weighted by Gasteiger charge is -2.26. The molecule has 0 aromatic heterocycles. The van der Waals surface area contributed by atoms with Gasteiger partial charge in [-0.25, -0.2) is 4.39 Å². The van der Waals surface area contributed by atoms with Gasteiger partial charge in [0, 0.05) is 5.92 Å². The monoisotopic (exact) mass is 194 g/mol. The van der Waals surface area contributed by atoms with E-state index in [1.165, 1.54) is 12.1 Å². The highest BCUT2D eigenvalue weighted by molar-refractivity contribution is 5.63. The van der Waals surface area contributed by atoms with Crippen molar-refractivity contribution < 1.29 is 9.18 Å². The van der Waals surface area contributed by atoms with E-state index in [4.69, 9.17) is 0 Å². The molecule has 14 heavy (non-hydrogen) atoms. The molecule has 1 aromatic rings. The first-order valence-corrected chi connectivity index (χ1v) is 4.66. The van der Waals surface area contributed by atoms with Gasteiger partial charge in [0.1, 0.15) is 12.1 Å². The Hall–Kier alpha value is -1.18. The Balaban J connectivity index is 3.07. The summed E-state index contributed by atoms with van der Waals surface area (Å²) in [6.45, 7) is 5.91. The molecule has 0 heterocycles. The molecule has 0 aliphatic heterocycles. The molecule has 1 rings (SSSR count). The third kappa shape index (κ3) is 2.41. The minimum atomic E-state index is -0.293. The molecule has 1 aromatic carbocycles. The first-order chi connectivity index (χ1) is 6.45. The van der Waals surface area contributed by atoms with Crippen LogP contribution in [0.4, 0.5) is 4.39 Å². The van der Waals surface area contributed by atoms with E-state index in [2.05, 4.69) is 0 Å². The highest BCUT2D eigenvalue weighted by Crippen LogP contribution is 2.33. The zero-order chi connectivity index (χ0) is 10.8. The lowest BCUT2D eigenvalue weighted by molar-refractivity contribution is -0.111. The van der Waals surface area contributed by atoms with Crippen LogP contribution in [0.15, 0.2) is 24.3 Å². The smallest absolute Gasteiger partial charge is 0.127 e.